The van der Waals surface area contributed by atoms with Crippen LogP contribution in [0.2, 0.25) is 0 Å². The quantitative estimate of drug-likeness (QED) is 0.525. The van der Waals surface area contributed by atoms with Gasteiger partial charge >= 0.3 is 11.9 Å². The third kappa shape index (κ3) is 9.14. The molecule has 176 valence electrons. The van der Waals surface area contributed by atoms with Gasteiger partial charge in [0.15, 0.2) is 6.61 Å². The summed E-state index contributed by atoms with van der Waals surface area (Å²) in [7, 11) is 0. The molecular formula is C25H30N2O6. The Kier molecular flexibility index (Phi) is 9.60. The molecule has 0 aliphatic heterocycles. The second-order valence-corrected chi connectivity index (χ2v) is 8.13. The Bertz CT molecular complexity index is 1020. The van der Waals surface area contributed by atoms with Crippen LogP contribution in [0.1, 0.15) is 48.2 Å². The fraction of sp³-hybridized carbons (Fsp3) is 0.360. The van der Waals surface area contributed by atoms with Crippen LogP contribution in [0.3, 0.4) is 0 Å². The first-order valence-corrected chi connectivity index (χ1v) is 10.7. The molecule has 0 saturated heterocycles. The Hall–Kier alpha value is -3.68. The van der Waals surface area contributed by atoms with Crippen LogP contribution >= 0.6 is 0 Å². The summed E-state index contributed by atoms with van der Waals surface area (Å²) in [6, 6.07) is 11.9. The molecule has 0 aliphatic rings. The number of amides is 2. The molecule has 2 aromatic rings. The summed E-state index contributed by atoms with van der Waals surface area (Å²) < 4.78 is 10.1. The summed E-state index contributed by atoms with van der Waals surface area (Å²) in [6.07, 6.45) is -0.307. The van der Waals surface area contributed by atoms with Crippen LogP contribution in [-0.4, -0.2) is 37.0 Å². The number of aryl methyl sites for hydroxylation is 2. The average Bonchev–Trinajstić information content (AvgIpc) is 2.77. The summed E-state index contributed by atoms with van der Waals surface area (Å²) in [5, 5.41) is 5.29. The van der Waals surface area contributed by atoms with E-state index in [-0.39, 0.29) is 18.8 Å². The molecule has 0 radical (unpaired) electrons. The number of carbonyl (C=O) groups excluding carboxylic acids is 4. The molecule has 0 fully saturated rings. The minimum Gasteiger partial charge on any atom is -0.462 e. The Labute approximate surface area is 193 Å². The average molecular weight is 455 g/mol. The Morgan fingerprint density at radius 2 is 1.52 bits per heavy atom. The fourth-order valence-electron chi connectivity index (χ4n) is 2.72. The summed E-state index contributed by atoms with van der Waals surface area (Å²) in [5.41, 5.74) is 3.50. The lowest BCUT2D eigenvalue weighted by atomic mass is 10.1. The lowest BCUT2D eigenvalue weighted by Crippen LogP contribution is -2.22. The first kappa shape index (κ1) is 25.6. The van der Waals surface area contributed by atoms with Gasteiger partial charge in [0.05, 0.1) is 18.6 Å². The maximum atomic E-state index is 12.1. The fourth-order valence-corrected chi connectivity index (χ4v) is 2.72. The topological polar surface area (TPSA) is 111 Å². The van der Waals surface area contributed by atoms with Crippen molar-refractivity contribution in [2.75, 3.05) is 23.8 Å². The summed E-state index contributed by atoms with van der Waals surface area (Å²) >= 11 is 0. The summed E-state index contributed by atoms with van der Waals surface area (Å²) in [4.78, 5) is 48.0. The minimum absolute atomic E-state index is 0.125. The number of anilines is 2. The number of nitrogens with one attached hydrogen (secondary N) is 2. The molecule has 0 saturated carbocycles. The van der Waals surface area contributed by atoms with E-state index in [1.807, 2.05) is 39.8 Å². The molecule has 0 aromatic heterocycles. The number of carbonyl (C=O) groups is 4. The van der Waals surface area contributed by atoms with Crippen LogP contribution in [0, 0.1) is 19.8 Å². The molecule has 0 atom stereocenters. The first-order chi connectivity index (χ1) is 15.6. The lowest BCUT2D eigenvalue weighted by molar-refractivity contribution is -0.147. The van der Waals surface area contributed by atoms with Crippen molar-refractivity contribution in [3.63, 3.8) is 0 Å². The molecule has 8 heteroatoms. The van der Waals surface area contributed by atoms with Crippen LogP contribution in [0.25, 0.3) is 0 Å². The van der Waals surface area contributed by atoms with E-state index in [0.717, 1.165) is 11.1 Å². The monoisotopic (exact) mass is 454 g/mol. The molecule has 0 heterocycles. The second kappa shape index (κ2) is 12.4. The van der Waals surface area contributed by atoms with Crippen molar-refractivity contribution in [2.24, 2.45) is 5.92 Å². The SMILES string of the molecule is Cc1ccc(NC(=O)COC(=O)CCC(=O)Nc2cccc(C(=O)OCC(C)C)c2)cc1C. The van der Waals surface area contributed by atoms with Crippen LogP contribution in [0.5, 0.6) is 0 Å². The smallest absolute Gasteiger partial charge is 0.338 e. The predicted molar refractivity (Wildman–Crippen MR) is 125 cm³/mol. The van der Waals surface area contributed by atoms with Gasteiger partial charge in [0.25, 0.3) is 5.91 Å². The van der Waals surface area contributed by atoms with Crippen molar-refractivity contribution < 1.29 is 28.7 Å². The van der Waals surface area contributed by atoms with Crippen molar-refractivity contribution in [2.45, 2.75) is 40.5 Å². The summed E-state index contributed by atoms with van der Waals surface area (Å²) in [5.74, 6) is -1.79. The maximum absolute atomic E-state index is 12.1. The zero-order valence-electron chi connectivity index (χ0n) is 19.4. The van der Waals surface area contributed by atoms with Crippen molar-refractivity contribution >= 4 is 35.1 Å². The van der Waals surface area contributed by atoms with Crippen molar-refractivity contribution in [1.29, 1.82) is 0 Å². The Morgan fingerprint density at radius 1 is 0.818 bits per heavy atom. The second-order valence-electron chi connectivity index (χ2n) is 8.13. The molecule has 0 bridgehead atoms. The van der Waals surface area contributed by atoms with E-state index in [2.05, 4.69) is 10.6 Å². The molecule has 0 aliphatic carbocycles. The zero-order valence-corrected chi connectivity index (χ0v) is 19.4. The zero-order chi connectivity index (χ0) is 24.4. The number of ether oxygens (including phenoxy) is 2. The van der Waals surface area contributed by atoms with E-state index < -0.39 is 30.4 Å². The normalized spacial score (nSPS) is 10.5. The van der Waals surface area contributed by atoms with E-state index in [9.17, 15) is 19.2 Å². The highest BCUT2D eigenvalue weighted by Crippen LogP contribution is 2.15. The van der Waals surface area contributed by atoms with Crippen molar-refractivity contribution in [1.82, 2.24) is 0 Å². The van der Waals surface area contributed by atoms with Crippen LogP contribution < -0.4 is 10.6 Å². The largest absolute Gasteiger partial charge is 0.462 e. The number of benzene rings is 2. The van der Waals surface area contributed by atoms with Gasteiger partial charge in [-0.05, 0) is 61.2 Å². The third-order valence-electron chi connectivity index (χ3n) is 4.64. The summed E-state index contributed by atoms with van der Waals surface area (Å²) in [6.45, 7) is 7.65. The molecule has 2 amide bonds. The number of esters is 2. The van der Waals surface area contributed by atoms with Gasteiger partial charge < -0.3 is 20.1 Å². The standard InChI is InChI=1S/C25H30N2O6/c1-16(2)14-33-25(31)19-6-5-7-20(13-19)26-22(28)10-11-24(30)32-15-23(29)27-21-9-8-17(3)18(4)12-21/h5-9,12-13,16H,10-11,14-15H2,1-4H3,(H,26,28)(H,27,29). The number of hydrogen-bond acceptors (Lipinski definition) is 6. The lowest BCUT2D eigenvalue weighted by Gasteiger charge is -2.10. The van der Waals surface area contributed by atoms with Gasteiger partial charge in [0.2, 0.25) is 5.91 Å². The maximum Gasteiger partial charge on any atom is 0.338 e. The molecule has 2 rings (SSSR count). The van der Waals surface area contributed by atoms with E-state index in [1.165, 1.54) is 6.07 Å². The van der Waals surface area contributed by atoms with E-state index in [0.29, 0.717) is 23.5 Å². The van der Waals surface area contributed by atoms with Crippen LogP contribution in [0.15, 0.2) is 42.5 Å². The highest BCUT2D eigenvalue weighted by molar-refractivity contribution is 5.96. The van der Waals surface area contributed by atoms with E-state index in [1.54, 1.807) is 24.3 Å². The van der Waals surface area contributed by atoms with Gasteiger partial charge in [0, 0.05) is 17.8 Å². The van der Waals surface area contributed by atoms with Crippen molar-refractivity contribution in [3.8, 4) is 0 Å². The molecule has 2 aromatic carbocycles. The Morgan fingerprint density at radius 3 is 2.21 bits per heavy atom. The van der Waals surface area contributed by atoms with Crippen LogP contribution in [-0.2, 0) is 23.9 Å². The van der Waals surface area contributed by atoms with Gasteiger partial charge in [-0.3, -0.25) is 14.4 Å². The predicted octanol–water partition coefficient (Wildman–Crippen LogP) is 4.02. The van der Waals surface area contributed by atoms with Gasteiger partial charge in [-0.1, -0.05) is 26.0 Å². The molecule has 0 unspecified atom stereocenters. The Balaban J connectivity index is 1.74. The van der Waals surface area contributed by atoms with Crippen LogP contribution in [0.4, 0.5) is 11.4 Å². The highest BCUT2D eigenvalue weighted by Gasteiger charge is 2.13. The third-order valence-corrected chi connectivity index (χ3v) is 4.64. The van der Waals surface area contributed by atoms with Gasteiger partial charge in [0.1, 0.15) is 0 Å². The van der Waals surface area contributed by atoms with Crippen molar-refractivity contribution in [3.05, 3.63) is 59.2 Å². The molecule has 8 nitrogen and oxygen atoms in total. The minimum atomic E-state index is -0.661. The van der Waals surface area contributed by atoms with Gasteiger partial charge in [-0.2, -0.15) is 0 Å². The van der Waals surface area contributed by atoms with Gasteiger partial charge in [-0.15, -0.1) is 0 Å². The molecule has 2 N–H and O–H groups in total. The number of hydrogen-bond donors (Lipinski definition) is 2. The molecular weight excluding hydrogens is 424 g/mol. The van der Waals surface area contributed by atoms with Gasteiger partial charge in [-0.25, -0.2) is 4.79 Å². The van der Waals surface area contributed by atoms with E-state index in [4.69, 9.17) is 9.47 Å². The highest BCUT2D eigenvalue weighted by atomic mass is 16.5. The number of rotatable bonds is 10. The molecule has 33 heavy (non-hydrogen) atoms. The molecule has 0 spiro atoms. The van der Waals surface area contributed by atoms with E-state index >= 15 is 0 Å². The first-order valence-electron chi connectivity index (χ1n) is 10.7.